The minimum Gasteiger partial charge on any atom is -0.442 e. The van der Waals surface area contributed by atoms with Crippen molar-refractivity contribution in [2.24, 2.45) is 0 Å². The first kappa shape index (κ1) is 15.5. The lowest BCUT2D eigenvalue weighted by Gasteiger charge is -2.32. The van der Waals surface area contributed by atoms with E-state index in [4.69, 9.17) is 9.47 Å². The Hall–Kier alpha value is -2.35. The number of ether oxygens (including phenoxy) is 2. The van der Waals surface area contributed by atoms with Gasteiger partial charge in [0.2, 0.25) is 6.41 Å². The Balaban J connectivity index is 1.74. The van der Waals surface area contributed by atoms with E-state index in [2.05, 4.69) is 5.32 Å². The third kappa shape index (κ3) is 3.37. The zero-order valence-corrected chi connectivity index (χ0v) is 12.5. The van der Waals surface area contributed by atoms with Crippen LogP contribution in [0.1, 0.15) is 0 Å². The number of benzene rings is 1. The molecule has 23 heavy (non-hydrogen) atoms. The topological polar surface area (TPSA) is 71.1 Å². The Morgan fingerprint density at radius 2 is 2.22 bits per heavy atom. The largest absolute Gasteiger partial charge is 0.442 e. The van der Waals surface area contributed by atoms with Gasteiger partial charge in [-0.1, -0.05) is 6.07 Å². The molecule has 0 spiro atoms. The Kier molecular flexibility index (Phi) is 4.61. The number of alkyl halides is 1. The summed E-state index contributed by atoms with van der Waals surface area (Å²) in [5.74, 6) is 0. The van der Waals surface area contributed by atoms with Crippen LogP contribution in [0.15, 0.2) is 24.3 Å². The zero-order valence-electron chi connectivity index (χ0n) is 12.5. The van der Waals surface area contributed by atoms with Crippen LogP contribution in [0.4, 0.5) is 20.6 Å². The lowest BCUT2D eigenvalue weighted by Crippen LogP contribution is -2.43. The molecule has 2 unspecified atom stereocenters. The molecule has 1 aromatic carbocycles. The molecule has 3 rings (SSSR count). The second-order valence-electron chi connectivity index (χ2n) is 5.37. The van der Waals surface area contributed by atoms with E-state index in [9.17, 15) is 14.0 Å². The van der Waals surface area contributed by atoms with Gasteiger partial charge in [-0.3, -0.25) is 9.69 Å². The normalized spacial score (nSPS) is 24.5. The third-order valence-electron chi connectivity index (χ3n) is 3.85. The van der Waals surface area contributed by atoms with Gasteiger partial charge in [0.15, 0.2) is 6.30 Å². The van der Waals surface area contributed by atoms with Gasteiger partial charge in [-0.2, -0.15) is 0 Å². The molecule has 0 saturated carbocycles. The Morgan fingerprint density at radius 1 is 1.39 bits per heavy atom. The fourth-order valence-electron chi connectivity index (χ4n) is 2.72. The second-order valence-corrected chi connectivity index (χ2v) is 5.37. The average Bonchev–Trinajstić information content (AvgIpc) is 2.94. The molecule has 1 aromatic rings. The summed E-state index contributed by atoms with van der Waals surface area (Å²) >= 11 is 0. The maximum Gasteiger partial charge on any atom is 0.414 e. The number of rotatable bonds is 5. The molecular weight excluding hydrogens is 305 g/mol. The highest BCUT2D eigenvalue weighted by atomic mass is 19.1. The Morgan fingerprint density at radius 3 is 3.00 bits per heavy atom. The molecule has 0 aliphatic carbocycles. The standard InChI is InChI=1S/C15H18FN3O4/c16-14-9-22-5-4-18(14)11-2-1-3-12(6-11)19-8-13(7-17-10-20)23-15(19)21/h1-3,6,10,13-14H,4-5,7-9H2,(H,17,20). The predicted molar refractivity (Wildman–Crippen MR) is 81.2 cm³/mol. The van der Waals surface area contributed by atoms with Gasteiger partial charge in [0.25, 0.3) is 0 Å². The molecule has 1 N–H and O–H groups in total. The summed E-state index contributed by atoms with van der Waals surface area (Å²) in [7, 11) is 0. The molecule has 0 bridgehead atoms. The first-order valence-corrected chi connectivity index (χ1v) is 7.43. The molecule has 2 atom stereocenters. The summed E-state index contributed by atoms with van der Waals surface area (Å²) in [6.07, 6.45) is -1.50. The summed E-state index contributed by atoms with van der Waals surface area (Å²) in [6.45, 7) is 1.57. The number of cyclic esters (lactones) is 1. The number of nitrogens with one attached hydrogen (secondary N) is 1. The lowest BCUT2D eigenvalue weighted by atomic mass is 10.2. The number of nitrogens with zero attached hydrogens (tertiary/aromatic N) is 2. The van der Waals surface area contributed by atoms with Crippen LogP contribution in [-0.2, 0) is 14.3 Å². The van der Waals surface area contributed by atoms with Crippen LogP contribution in [-0.4, -0.2) is 57.8 Å². The van der Waals surface area contributed by atoms with Crippen LogP contribution >= 0.6 is 0 Å². The van der Waals surface area contributed by atoms with Crippen molar-refractivity contribution in [1.82, 2.24) is 5.32 Å². The Labute approximate surface area is 132 Å². The van der Waals surface area contributed by atoms with E-state index < -0.39 is 18.5 Å². The van der Waals surface area contributed by atoms with Crippen molar-refractivity contribution in [3.63, 3.8) is 0 Å². The highest BCUT2D eigenvalue weighted by Crippen LogP contribution is 2.28. The first-order chi connectivity index (χ1) is 11.2. The highest BCUT2D eigenvalue weighted by Gasteiger charge is 2.32. The SMILES string of the molecule is O=CNCC1CN(c2cccc(N3CCOCC3F)c2)C(=O)O1. The van der Waals surface area contributed by atoms with Crippen LogP contribution < -0.4 is 15.1 Å². The van der Waals surface area contributed by atoms with E-state index in [1.54, 1.807) is 29.2 Å². The zero-order chi connectivity index (χ0) is 16.2. The number of carbonyl (C=O) groups is 2. The van der Waals surface area contributed by atoms with Gasteiger partial charge in [-0.25, -0.2) is 9.18 Å². The van der Waals surface area contributed by atoms with Crippen molar-refractivity contribution in [3.8, 4) is 0 Å². The molecule has 7 nitrogen and oxygen atoms in total. The van der Waals surface area contributed by atoms with Crippen molar-refractivity contribution in [2.45, 2.75) is 12.4 Å². The van der Waals surface area contributed by atoms with Gasteiger partial charge in [-0.15, -0.1) is 0 Å². The third-order valence-corrected chi connectivity index (χ3v) is 3.85. The van der Waals surface area contributed by atoms with Crippen molar-refractivity contribution < 1.29 is 23.5 Å². The number of amides is 2. The summed E-state index contributed by atoms with van der Waals surface area (Å²) < 4.78 is 24.3. The maximum absolute atomic E-state index is 14.0. The predicted octanol–water partition coefficient (Wildman–Crippen LogP) is 0.890. The van der Waals surface area contributed by atoms with Crippen molar-refractivity contribution in [3.05, 3.63) is 24.3 Å². The average molecular weight is 323 g/mol. The highest BCUT2D eigenvalue weighted by molar-refractivity contribution is 5.90. The molecule has 2 aliphatic rings. The van der Waals surface area contributed by atoms with Crippen molar-refractivity contribution in [1.29, 1.82) is 0 Å². The van der Waals surface area contributed by atoms with Crippen molar-refractivity contribution in [2.75, 3.05) is 42.6 Å². The van der Waals surface area contributed by atoms with Crippen LogP contribution in [0.5, 0.6) is 0 Å². The summed E-state index contributed by atoms with van der Waals surface area (Å²) in [6, 6.07) is 7.11. The molecule has 2 heterocycles. The maximum atomic E-state index is 14.0. The fourth-order valence-corrected chi connectivity index (χ4v) is 2.72. The number of halogens is 1. The van der Waals surface area contributed by atoms with E-state index in [0.717, 1.165) is 0 Å². The van der Waals surface area contributed by atoms with Crippen LogP contribution in [0.2, 0.25) is 0 Å². The molecule has 0 aromatic heterocycles. The van der Waals surface area contributed by atoms with Gasteiger partial charge >= 0.3 is 6.09 Å². The molecule has 2 aliphatic heterocycles. The number of hydrogen-bond acceptors (Lipinski definition) is 5. The van der Waals surface area contributed by atoms with Gasteiger partial charge < -0.3 is 19.7 Å². The van der Waals surface area contributed by atoms with E-state index in [1.165, 1.54) is 4.90 Å². The molecule has 8 heteroatoms. The molecule has 124 valence electrons. The van der Waals surface area contributed by atoms with Crippen LogP contribution in [0.3, 0.4) is 0 Å². The quantitative estimate of drug-likeness (QED) is 0.644. The van der Waals surface area contributed by atoms with Gasteiger partial charge in [-0.05, 0) is 18.2 Å². The van der Waals surface area contributed by atoms with Crippen molar-refractivity contribution >= 4 is 23.9 Å². The first-order valence-electron chi connectivity index (χ1n) is 7.43. The molecule has 2 fully saturated rings. The number of hydrogen-bond donors (Lipinski definition) is 1. The van der Waals surface area contributed by atoms with Crippen LogP contribution in [0.25, 0.3) is 0 Å². The molecule has 2 saturated heterocycles. The fraction of sp³-hybridized carbons (Fsp3) is 0.467. The van der Waals surface area contributed by atoms with Gasteiger partial charge in [0.1, 0.15) is 6.10 Å². The van der Waals surface area contributed by atoms with Crippen LogP contribution in [0, 0.1) is 0 Å². The van der Waals surface area contributed by atoms with E-state index in [0.29, 0.717) is 37.5 Å². The molecule has 2 amide bonds. The number of morpholine rings is 1. The van der Waals surface area contributed by atoms with E-state index in [-0.39, 0.29) is 13.2 Å². The lowest BCUT2D eigenvalue weighted by molar-refractivity contribution is -0.109. The number of anilines is 2. The number of carbonyl (C=O) groups excluding carboxylic acids is 2. The van der Waals surface area contributed by atoms with Gasteiger partial charge in [0.05, 0.1) is 26.3 Å². The summed E-state index contributed by atoms with van der Waals surface area (Å²) in [4.78, 5) is 25.4. The summed E-state index contributed by atoms with van der Waals surface area (Å²) in [5.41, 5.74) is 1.33. The minimum absolute atomic E-state index is 0.0371. The monoisotopic (exact) mass is 323 g/mol. The second kappa shape index (κ2) is 6.82. The Bertz CT molecular complexity index is 586. The van der Waals surface area contributed by atoms with E-state index in [1.807, 2.05) is 0 Å². The van der Waals surface area contributed by atoms with Gasteiger partial charge in [0, 0.05) is 17.9 Å². The summed E-state index contributed by atoms with van der Waals surface area (Å²) in [5, 5.41) is 2.50. The molecular formula is C15H18FN3O4. The smallest absolute Gasteiger partial charge is 0.414 e. The molecule has 0 radical (unpaired) electrons. The van der Waals surface area contributed by atoms with E-state index >= 15 is 0 Å². The minimum atomic E-state index is -1.20.